The van der Waals surface area contributed by atoms with E-state index in [0.29, 0.717) is 34.4 Å². The van der Waals surface area contributed by atoms with Crippen LogP contribution < -0.4 is 5.32 Å². The van der Waals surface area contributed by atoms with Crippen molar-refractivity contribution in [2.75, 3.05) is 18.1 Å². The number of aryl methyl sites for hydroxylation is 1. The highest BCUT2D eigenvalue weighted by atomic mass is 32.2. The summed E-state index contributed by atoms with van der Waals surface area (Å²) >= 11 is 0. The molecule has 0 atom stereocenters. The first-order chi connectivity index (χ1) is 13.0. The van der Waals surface area contributed by atoms with Crippen LogP contribution in [0.5, 0.6) is 0 Å². The average Bonchev–Trinajstić information content (AvgIpc) is 3.03. The van der Waals surface area contributed by atoms with Crippen LogP contribution in [0, 0.1) is 13.8 Å². The SMILES string of the molecule is Cc1c(NCCc2ccc(S(C)(=O)=O)cc2)nn2c(C(F)(F)F)nnc2c1C. The highest BCUT2D eigenvalue weighted by Crippen LogP contribution is 2.29. The first-order valence-electron chi connectivity index (χ1n) is 8.31. The number of sulfone groups is 1. The lowest BCUT2D eigenvalue weighted by Crippen LogP contribution is -2.16. The van der Waals surface area contributed by atoms with E-state index in [4.69, 9.17) is 0 Å². The number of hydrogen-bond acceptors (Lipinski definition) is 6. The molecular weight excluding hydrogens is 395 g/mol. The van der Waals surface area contributed by atoms with Gasteiger partial charge in [0.15, 0.2) is 15.5 Å². The molecule has 0 aliphatic heterocycles. The Morgan fingerprint density at radius 3 is 2.29 bits per heavy atom. The van der Waals surface area contributed by atoms with Crippen LogP contribution in [-0.4, -0.2) is 41.0 Å². The van der Waals surface area contributed by atoms with Crippen molar-refractivity contribution in [3.63, 3.8) is 0 Å². The number of nitrogens with one attached hydrogen (secondary N) is 1. The van der Waals surface area contributed by atoms with Crippen molar-refractivity contribution in [3.8, 4) is 0 Å². The van der Waals surface area contributed by atoms with Gasteiger partial charge in [-0.1, -0.05) is 12.1 Å². The number of fused-ring (bicyclic) bond motifs is 1. The van der Waals surface area contributed by atoms with Gasteiger partial charge in [-0.05, 0) is 43.5 Å². The zero-order valence-electron chi connectivity index (χ0n) is 15.4. The molecule has 3 aromatic rings. The summed E-state index contributed by atoms with van der Waals surface area (Å²) < 4.78 is 62.9. The lowest BCUT2D eigenvalue weighted by Gasteiger charge is -2.12. The van der Waals surface area contributed by atoms with Crippen molar-refractivity contribution < 1.29 is 21.6 Å². The smallest absolute Gasteiger partial charge is 0.368 e. The van der Waals surface area contributed by atoms with Gasteiger partial charge in [0, 0.05) is 18.4 Å². The molecule has 1 aromatic carbocycles. The lowest BCUT2D eigenvalue weighted by atomic mass is 10.1. The summed E-state index contributed by atoms with van der Waals surface area (Å²) in [7, 11) is -3.26. The Kier molecular flexibility index (Phi) is 5.04. The van der Waals surface area contributed by atoms with Crippen LogP contribution in [-0.2, 0) is 22.4 Å². The van der Waals surface area contributed by atoms with E-state index in [0.717, 1.165) is 11.8 Å². The number of benzene rings is 1. The number of nitrogens with zero attached hydrogens (tertiary/aromatic N) is 4. The summed E-state index contributed by atoms with van der Waals surface area (Å²) in [5, 5.41) is 13.9. The van der Waals surface area contributed by atoms with E-state index in [1.54, 1.807) is 26.0 Å². The lowest BCUT2D eigenvalue weighted by molar-refractivity contribution is -0.146. The third-order valence-corrected chi connectivity index (χ3v) is 5.53. The monoisotopic (exact) mass is 413 g/mol. The Labute approximate surface area is 159 Å². The maximum Gasteiger partial charge on any atom is 0.453 e. The van der Waals surface area contributed by atoms with E-state index in [2.05, 4.69) is 20.6 Å². The summed E-state index contributed by atoms with van der Waals surface area (Å²) in [5.41, 5.74) is 2.18. The number of rotatable bonds is 5. The van der Waals surface area contributed by atoms with E-state index in [9.17, 15) is 21.6 Å². The second-order valence-electron chi connectivity index (χ2n) is 6.45. The Balaban J connectivity index is 1.80. The quantitative estimate of drug-likeness (QED) is 0.692. The topological polar surface area (TPSA) is 89.2 Å². The van der Waals surface area contributed by atoms with Crippen LogP contribution in [0.2, 0.25) is 0 Å². The molecule has 3 rings (SSSR count). The highest BCUT2D eigenvalue weighted by molar-refractivity contribution is 7.90. The second kappa shape index (κ2) is 7.04. The van der Waals surface area contributed by atoms with E-state index < -0.39 is 21.8 Å². The van der Waals surface area contributed by atoms with Gasteiger partial charge in [-0.15, -0.1) is 15.3 Å². The molecule has 11 heteroatoms. The third-order valence-electron chi connectivity index (χ3n) is 4.40. The van der Waals surface area contributed by atoms with Gasteiger partial charge in [0.2, 0.25) is 0 Å². The first kappa shape index (κ1) is 20.1. The maximum absolute atomic E-state index is 13.1. The fourth-order valence-electron chi connectivity index (χ4n) is 2.70. The predicted molar refractivity (Wildman–Crippen MR) is 97.0 cm³/mol. The predicted octanol–water partition coefficient (Wildman–Crippen LogP) is 2.82. The summed E-state index contributed by atoms with van der Waals surface area (Å²) in [6, 6.07) is 6.46. The van der Waals surface area contributed by atoms with Gasteiger partial charge >= 0.3 is 6.18 Å². The summed E-state index contributed by atoms with van der Waals surface area (Å²) in [4.78, 5) is 0.232. The average molecular weight is 413 g/mol. The Hall–Kier alpha value is -2.69. The third kappa shape index (κ3) is 3.93. The Bertz CT molecular complexity index is 1120. The van der Waals surface area contributed by atoms with Crippen molar-refractivity contribution in [2.24, 2.45) is 0 Å². The molecule has 0 aliphatic carbocycles. The Morgan fingerprint density at radius 2 is 1.71 bits per heavy atom. The number of hydrogen-bond donors (Lipinski definition) is 1. The summed E-state index contributed by atoms with van der Waals surface area (Å²) in [6.45, 7) is 3.81. The number of alkyl halides is 3. The molecule has 0 bridgehead atoms. The van der Waals surface area contributed by atoms with Crippen LogP contribution in [0.1, 0.15) is 22.5 Å². The Morgan fingerprint density at radius 1 is 1.07 bits per heavy atom. The highest BCUT2D eigenvalue weighted by Gasteiger charge is 2.38. The van der Waals surface area contributed by atoms with E-state index in [-0.39, 0.29) is 10.5 Å². The second-order valence-corrected chi connectivity index (χ2v) is 8.46. The van der Waals surface area contributed by atoms with Gasteiger partial charge < -0.3 is 5.32 Å². The van der Waals surface area contributed by atoms with E-state index in [1.165, 1.54) is 12.1 Å². The van der Waals surface area contributed by atoms with Crippen molar-refractivity contribution in [1.29, 1.82) is 0 Å². The standard InChI is InChI=1S/C17H18F3N5O2S/c1-10-11(2)15-22-23-16(17(18,19)20)25(15)24-14(10)21-9-8-12-4-6-13(7-5-12)28(3,26)27/h4-7H,8-9H2,1-3H3,(H,21,24). The number of halogens is 3. The molecule has 0 aliphatic rings. The maximum atomic E-state index is 13.1. The molecule has 0 amide bonds. The number of anilines is 1. The summed E-state index contributed by atoms with van der Waals surface area (Å²) in [6.07, 6.45) is -2.99. The van der Waals surface area contributed by atoms with Crippen LogP contribution >= 0.6 is 0 Å². The molecule has 0 saturated heterocycles. The van der Waals surface area contributed by atoms with Gasteiger partial charge in [0.05, 0.1) is 4.90 Å². The summed E-state index contributed by atoms with van der Waals surface area (Å²) in [5.74, 6) is -0.868. The normalized spacial score (nSPS) is 12.5. The molecule has 7 nitrogen and oxygen atoms in total. The molecule has 2 aromatic heterocycles. The molecule has 0 spiro atoms. The molecular formula is C17H18F3N5O2S. The van der Waals surface area contributed by atoms with E-state index in [1.807, 2.05) is 0 Å². The minimum atomic E-state index is -4.66. The van der Waals surface area contributed by atoms with Crippen LogP contribution in [0.3, 0.4) is 0 Å². The number of aromatic nitrogens is 4. The molecule has 150 valence electrons. The molecule has 0 saturated carbocycles. The fraction of sp³-hybridized carbons (Fsp3) is 0.353. The van der Waals surface area contributed by atoms with Gasteiger partial charge in [-0.2, -0.15) is 17.7 Å². The zero-order chi connectivity index (χ0) is 20.7. The van der Waals surface area contributed by atoms with Gasteiger partial charge in [-0.3, -0.25) is 0 Å². The van der Waals surface area contributed by atoms with Gasteiger partial charge in [-0.25, -0.2) is 8.42 Å². The first-order valence-corrected chi connectivity index (χ1v) is 10.2. The van der Waals surface area contributed by atoms with E-state index >= 15 is 0 Å². The molecule has 0 fully saturated rings. The molecule has 28 heavy (non-hydrogen) atoms. The van der Waals surface area contributed by atoms with Crippen molar-refractivity contribution in [1.82, 2.24) is 19.8 Å². The van der Waals surface area contributed by atoms with Gasteiger partial charge in [0.1, 0.15) is 5.82 Å². The molecule has 0 radical (unpaired) electrons. The molecule has 1 N–H and O–H groups in total. The zero-order valence-corrected chi connectivity index (χ0v) is 16.2. The van der Waals surface area contributed by atoms with Crippen LogP contribution in [0.25, 0.3) is 5.65 Å². The largest absolute Gasteiger partial charge is 0.453 e. The minimum absolute atomic E-state index is 0.0618. The molecule has 2 heterocycles. The molecule has 0 unspecified atom stereocenters. The minimum Gasteiger partial charge on any atom is -0.368 e. The van der Waals surface area contributed by atoms with Crippen molar-refractivity contribution >= 4 is 21.3 Å². The van der Waals surface area contributed by atoms with Crippen LogP contribution in [0.4, 0.5) is 19.0 Å². The van der Waals surface area contributed by atoms with Crippen molar-refractivity contribution in [3.05, 3.63) is 46.8 Å². The van der Waals surface area contributed by atoms with Crippen molar-refractivity contribution in [2.45, 2.75) is 31.3 Å². The van der Waals surface area contributed by atoms with Crippen LogP contribution in [0.15, 0.2) is 29.2 Å². The van der Waals surface area contributed by atoms with Gasteiger partial charge in [0.25, 0.3) is 5.82 Å². The fourth-order valence-corrected chi connectivity index (χ4v) is 3.33.